The third kappa shape index (κ3) is 9.44. The Morgan fingerprint density at radius 2 is 1.78 bits per heavy atom. The average molecular weight is 418 g/mol. The molecule has 0 aliphatic rings. The summed E-state index contributed by atoms with van der Waals surface area (Å²) in [6.45, 7) is 1.87. The van der Waals surface area contributed by atoms with Gasteiger partial charge in [0.05, 0.1) is 20.3 Å². The molecule has 2 N–H and O–H groups in total. The number of amides is 1. The summed E-state index contributed by atoms with van der Waals surface area (Å²) in [6, 6.07) is 10.9. The van der Waals surface area contributed by atoms with Gasteiger partial charge in [0.15, 0.2) is 0 Å². The maximum atomic E-state index is 11.7. The lowest BCUT2D eigenvalue weighted by molar-refractivity contribution is -0.120. The van der Waals surface area contributed by atoms with E-state index in [9.17, 15) is 4.79 Å². The first-order valence-corrected chi connectivity index (χ1v) is 7.94. The van der Waals surface area contributed by atoms with Crippen LogP contribution in [0.25, 0.3) is 0 Å². The van der Waals surface area contributed by atoms with Crippen LogP contribution in [0.4, 0.5) is 0 Å². The molecule has 1 aromatic heterocycles. The van der Waals surface area contributed by atoms with Crippen LogP contribution in [0.3, 0.4) is 0 Å². The van der Waals surface area contributed by atoms with Crippen molar-refractivity contribution in [1.29, 1.82) is 0 Å². The molecule has 0 fully saturated rings. The quantitative estimate of drug-likeness (QED) is 0.578. The van der Waals surface area contributed by atoms with Gasteiger partial charge in [-0.2, -0.15) is 0 Å². The van der Waals surface area contributed by atoms with Crippen molar-refractivity contribution < 1.29 is 19.0 Å². The Hall–Kier alpha value is -2.06. The number of methoxy groups -OCH3 is 2. The van der Waals surface area contributed by atoms with Crippen molar-refractivity contribution in [2.45, 2.75) is 6.54 Å². The molecule has 0 spiro atoms. The number of carbonyl (C=O) groups is 1. The minimum atomic E-state index is -0.0782. The first-order valence-electron chi connectivity index (χ1n) is 7.94. The number of aromatic nitrogens is 1. The van der Waals surface area contributed by atoms with Crippen LogP contribution in [0.1, 0.15) is 5.56 Å². The lowest BCUT2D eigenvalue weighted by atomic mass is 10.2. The maximum Gasteiger partial charge on any atom is 0.234 e. The molecule has 1 amide bonds. The molecule has 0 unspecified atom stereocenters. The molecule has 1 aromatic carbocycles. The number of nitrogens with zero attached hydrogens (tertiary/aromatic N) is 1. The zero-order chi connectivity index (χ0) is 17.9. The monoisotopic (exact) mass is 417 g/mol. The van der Waals surface area contributed by atoms with Gasteiger partial charge >= 0.3 is 0 Å². The fourth-order valence-corrected chi connectivity index (χ4v) is 2.02. The SMILES string of the molecule is COCCNCC(=O)NCc1ccnc(Oc2ccc(OC)cc2)c1.Cl.Cl. The molecule has 1 heterocycles. The van der Waals surface area contributed by atoms with Crippen LogP contribution in [0.5, 0.6) is 17.4 Å². The molecule has 7 nitrogen and oxygen atoms in total. The van der Waals surface area contributed by atoms with Crippen molar-refractivity contribution in [2.75, 3.05) is 33.9 Å². The summed E-state index contributed by atoms with van der Waals surface area (Å²) in [4.78, 5) is 15.9. The predicted molar refractivity (Wildman–Crippen MR) is 108 cm³/mol. The fraction of sp³-hybridized carbons (Fsp3) is 0.333. The van der Waals surface area contributed by atoms with E-state index in [0.29, 0.717) is 31.3 Å². The van der Waals surface area contributed by atoms with Gasteiger partial charge in [0, 0.05) is 32.5 Å². The van der Waals surface area contributed by atoms with E-state index in [4.69, 9.17) is 14.2 Å². The lowest BCUT2D eigenvalue weighted by Gasteiger charge is -2.09. The van der Waals surface area contributed by atoms with Gasteiger partial charge in [0.2, 0.25) is 11.8 Å². The average Bonchev–Trinajstić information content (AvgIpc) is 2.64. The van der Waals surface area contributed by atoms with Crippen LogP contribution in [-0.4, -0.2) is 44.8 Å². The molecule has 0 saturated heterocycles. The van der Waals surface area contributed by atoms with E-state index >= 15 is 0 Å². The Morgan fingerprint density at radius 3 is 2.44 bits per heavy atom. The molecular formula is C18H25Cl2N3O4. The van der Waals surface area contributed by atoms with Gasteiger partial charge in [0.1, 0.15) is 11.5 Å². The second-order valence-electron chi connectivity index (χ2n) is 5.23. The number of hydrogen-bond acceptors (Lipinski definition) is 6. The van der Waals surface area contributed by atoms with Crippen molar-refractivity contribution >= 4 is 30.7 Å². The Bertz CT molecular complexity index is 672. The van der Waals surface area contributed by atoms with Gasteiger partial charge in [-0.1, -0.05) is 0 Å². The third-order valence-electron chi connectivity index (χ3n) is 3.34. The number of halogens is 2. The van der Waals surface area contributed by atoms with Gasteiger partial charge < -0.3 is 24.8 Å². The Morgan fingerprint density at radius 1 is 1.07 bits per heavy atom. The molecule has 150 valence electrons. The Balaban J connectivity index is 0.00000338. The van der Waals surface area contributed by atoms with E-state index in [1.807, 2.05) is 18.2 Å². The summed E-state index contributed by atoms with van der Waals surface area (Å²) in [5, 5.41) is 5.83. The van der Waals surface area contributed by atoms with Gasteiger partial charge in [-0.25, -0.2) is 4.98 Å². The molecule has 0 aliphatic carbocycles. The number of pyridine rings is 1. The number of carbonyl (C=O) groups excluding carboxylic acids is 1. The van der Waals surface area contributed by atoms with Crippen molar-refractivity contribution in [3.05, 3.63) is 48.2 Å². The number of ether oxygens (including phenoxy) is 3. The summed E-state index contributed by atoms with van der Waals surface area (Å²) in [5.74, 6) is 1.81. The summed E-state index contributed by atoms with van der Waals surface area (Å²) in [5.41, 5.74) is 0.906. The summed E-state index contributed by atoms with van der Waals surface area (Å²) in [7, 11) is 3.24. The molecule has 27 heavy (non-hydrogen) atoms. The number of nitrogens with one attached hydrogen (secondary N) is 2. The van der Waals surface area contributed by atoms with Crippen molar-refractivity contribution in [3.63, 3.8) is 0 Å². The molecule has 2 aromatic rings. The number of rotatable bonds is 10. The van der Waals surface area contributed by atoms with Crippen LogP contribution in [0, 0.1) is 0 Å². The lowest BCUT2D eigenvalue weighted by Crippen LogP contribution is -2.34. The Kier molecular flexibility index (Phi) is 13.0. The first kappa shape index (κ1) is 24.9. The highest BCUT2D eigenvalue weighted by atomic mass is 35.5. The second-order valence-corrected chi connectivity index (χ2v) is 5.23. The fourth-order valence-electron chi connectivity index (χ4n) is 2.02. The maximum absolute atomic E-state index is 11.7. The largest absolute Gasteiger partial charge is 0.497 e. The van der Waals surface area contributed by atoms with Crippen LogP contribution in [0.15, 0.2) is 42.6 Å². The summed E-state index contributed by atoms with van der Waals surface area (Å²) in [6.07, 6.45) is 1.65. The summed E-state index contributed by atoms with van der Waals surface area (Å²) < 4.78 is 15.7. The van der Waals surface area contributed by atoms with Crippen molar-refractivity contribution in [1.82, 2.24) is 15.6 Å². The van der Waals surface area contributed by atoms with Crippen molar-refractivity contribution in [3.8, 4) is 17.4 Å². The van der Waals surface area contributed by atoms with E-state index in [-0.39, 0.29) is 37.3 Å². The normalized spacial score (nSPS) is 9.56. The van der Waals surface area contributed by atoms with Crippen LogP contribution in [-0.2, 0) is 16.1 Å². The highest BCUT2D eigenvalue weighted by Gasteiger charge is 2.04. The summed E-state index contributed by atoms with van der Waals surface area (Å²) >= 11 is 0. The zero-order valence-electron chi connectivity index (χ0n) is 15.3. The molecule has 0 radical (unpaired) electrons. The molecule has 0 aliphatic heterocycles. The zero-order valence-corrected chi connectivity index (χ0v) is 16.9. The van der Waals surface area contributed by atoms with Crippen LogP contribution < -0.4 is 20.1 Å². The van der Waals surface area contributed by atoms with Crippen LogP contribution >= 0.6 is 24.8 Å². The topological polar surface area (TPSA) is 81.7 Å². The van der Waals surface area contributed by atoms with Gasteiger partial charge in [-0.3, -0.25) is 4.79 Å². The number of hydrogen-bond donors (Lipinski definition) is 2. The standard InChI is InChI=1S/C18H23N3O4.2ClH/c1-23-10-9-19-13-17(22)21-12-14-7-8-20-18(11-14)25-16-5-3-15(24-2)4-6-16;;/h3-8,11,19H,9-10,12-13H2,1-2H3,(H,21,22);2*1H. The Labute approximate surface area is 171 Å². The first-order chi connectivity index (χ1) is 12.2. The third-order valence-corrected chi connectivity index (χ3v) is 3.34. The molecule has 0 bridgehead atoms. The number of benzene rings is 1. The second kappa shape index (κ2) is 14.1. The molecule has 2 rings (SSSR count). The molecule has 0 saturated carbocycles. The van der Waals surface area contributed by atoms with E-state index < -0.39 is 0 Å². The van der Waals surface area contributed by atoms with E-state index in [1.165, 1.54) is 0 Å². The minimum absolute atomic E-state index is 0. The minimum Gasteiger partial charge on any atom is -0.497 e. The van der Waals surface area contributed by atoms with Crippen LogP contribution in [0.2, 0.25) is 0 Å². The van der Waals surface area contributed by atoms with Gasteiger partial charge in [0.25, 0.3) is 0 Å². The predicted octanol–water partition coefficient (Wildman–Crippen LogP) is 2.58. The molecular weight excluding hydrogens is 393 g/mol. The van der Waals surface area contributed by atoms with E-state index in [2.05, 4.69) is 15.6 Å². The highest BCUT2D eigenvalue weighted by molar-refractivity contribution is 5.85. The molecule has 9 heteroatoms. The molecule has 0 atom stereocenters. The van der Waals surface area contributed by atoms with Crippen molar-refractivity contribution in [2.24, 2.45) is 0 Å². The van der Waals surface area contributed by atoms with Gasteiger partial charge in [-0.05, 0) is 35.9 Å². The highest BCUT2D eigenvalue weighted by Crippen LogP contribution is 2.22. The van der Waals surface area contributed by atoms with Gasteiger partial charge in [-0.15, -0.1) is 24.8 Å². The van der Waals surface area contributed by atoms with E-state index in [0.717, 1.165) is 11.3 Å². The van der Waals surface area contributed by atoms with E-state index in [1.54, 1.807) is 38.6 Å². The smallest absolute Gasteiger partial charge is 0.234 e.